The van der Waals surface area contributed by atoms with Crippen molar-refractivity contribution in [3.05, 3.63) is 0 Å². The fourth-order valence-corrected chi connectivity index (χ4v) is 5.54. The predicted octanol–water partition coefficient (Wildman–Crippen LogP) is 5.30. The highest BCUT2D eigenvalue weighted by Crippen LogP contribution is 2.42. The van der Waals surface area contributed by atoms with Crippen LogP contribution in [0.3, 0.4) is 0 Å². The van der Waals surface area contributed by atoms with Gasteiger partial charge in [0.05, 0.1) is 6.10 Å². The van der Waals surface area contributed by atoms with Crippen LogP contribution < -0.4 is 0 Å². The number of aliphatic hydroxyl groups is 1. The topological polar surface area (TPSA) is 57.2 Å². The van der Waals surface area contributed by atoms with Gasteiger partial charge in [-0.1, -0.05) is 53.4 Å². The van der Waals surface area contributed by atoms with E-state index in [1.54, 1.807) is 0 Å². The summed E-state index contributed by atoms with van der Waals surface area (Å²) >= 11 is 0. The molecule has 1 saturated heterocycles. The van der Waals surface area contributed by atoms with E-state index >= 15 is 0 Å². The molecule has 1 aliphatic heterocycles. The maximum atomic E-state index is 9.33. The van der Waals surface area contributed by atoms with Crippen LogP contribution in [0.5, 0.6) is 0 Å². The zero-order valence-corrected chi connectivity index (χ0v) is 23.6. The second-order valence-electron chi connectivity index (χ2n) is 11.9. The molecule has 7 heteroatoms. The third kappa shape index (κ3) is 6.90. The highest BCUT2D eigenvalue weighted by atomic mass is 28.4. The van der Waals surface area contributed by atoms with Crippen molar-refractivity contribution in [1.82, 2.24) is 0 Å². The molecule has 0 aromatic heterocycles. The molecule has 5 nitrogen and oxygen atoms in total. The minimum absolute atomic E-state index is 0.0277. The van der Waals surface area contributed by atoms with Gasteiger partial charge in [-0.3, -0.25) is 0 Å². The van der Waals surface area contributed by atoms with Gasteiger partial charge in [0.15, 0.2) is 22.4 Å². The molecule has 1 aliphatic rings. The summed E-state index contributed by atoms with van der Waals surface area (Å²) in [6, 6.07) is 0. The summed E-state index contributed by atoms with van der Waals surface area (Å²) in [5, 5.41) is 9.45. The Morgan fingerprint density at radius 3 is 1.77 bits per heavy atom. The molecule has 1 fully saturated rings. The van der Waals surface area contributed by atoms with Crippen LogP contribution >= 0.6 is 0 Å². The summed E-state index contributed by atoms with van der Waals surface area (Å²) < 4.78 is 26.0. The quantitative estimate of drug-likeness (QED) is 0.432. The van der Waals surface area contributed by atoms with Crippen molar-refractivity contribution in [2.24, 2.45) is 0 Å². The van der Waals surface area contributed by atoms with Gasteiger partial charge in [0, 0.05) is 0 Å². The second-order valence-corrected chi connectivity index (χ2v) is 21.4. The molecule has 4 atom stereocenters. The van der Waals surface area contributed by atoms with Gasteiger partial charge in [0.2, 0.25) is 0 Å². The Kier molecular flexibility index (Phi) is 8.67. The van der Waals surface area contributed by atoms with Gasteiger partial charge < -0.3 is 23.4 Å². The van der Waals surface area contributed by atoms with Gasteiger partial charge in [-0.05, 0) is 57.0 Å². The normalized spacial score (nSPS) is 24.9. The van der Waals surface area contributed by atoms with E-state index in [9.17, 15) is 5.11 Å². The highest BCUT2D eigenvalue weighted by Gasteiger charge is 2.52. The van der Waals surface area contributed by atoms with Crippen LogP contribution in [0.4, 0.5) is 0 Å². The molecule has 1 N–H and O–H groups in total. The van der Waals surface area contributed by atoms with Gasteiger partial charge in [-0.15, -0.1) is 0 Å². The molecule has 0 unspecified atom stereocenters. The van der Waals surface area contributed by atoms with Gasteiger partial charge in [-0.2, -0.15) is 0 Å². The van der Waals surface area contributed by atoms with E-state index in [4.69, 9.17) is 18.3 Å². The fourth-order valence-electron chi connectivity index (χ4n) is 2.94. The van der Waals surface area contributed by atoms with Crippen LogP contribution in [0.15, 0.2) is 0 Å². The highest BCUT2D eigenvalue weighted by molar-refractivity contribution is 6.74. The summed E-state index contributed by atoms with van der Waals surface area (Å²) in [7, 11) is -4.12. The number of aliphatic hydroxyl groups excluding tert-OH is 1. The molecule has 0 radical (unpaired) electrons. The molecule has 176 valence electrons. The van der Waals surface area contributed by atoms with Gasteiger partial charge >= 0.3 is 0 Å². The molecule has 1 heterocycles. The Morgan fingerprint density at radius 2 is 1.33 bits per heavy atom. The SMILES string of the molecule is C[C@H](O[Si](C)(C)C(C)(C)C)[C@@H]1OC(C)(C)O[C@H]1[C@H](C#CCO)O[Si](C)(C)C(C)(C)C. The number of hydrogen-bond donors (Lipinski definition) is 1. The molecule has 1 rings (SSSR count). The zero-order valence-electron chi connectivity index (χ0n) is 21.6. The maximum absolute atomic E-state index is 9.33. The summed E-state index contributed by atoms with van der Waals surface area (Å²) in [6.45, 7) is 27.9. The van der Waals surface area contributed by atoms with Crippen LogP contribution in [0.2, 0.25) is 36.3 Å². The average Bonchev–Trinajstić information content (AvgIpc) is 2.84. The Morgan fingerprint density at radius 1 is 0.900 bits per heavy atom. The first kappa shape index (κ1) is 27.8. The van der Waals surface area contributed by atoms with E-state index in [1.165, 1.54) is 0 Å². The van der Waals surface area contributed by atoms with Gasteiger partial charge in [0.25, 0.3) is 0 Å². The van der Waals surface area contributed by atoms with E-state index in [0.717, 1.165) is 0 Å². The van der Waals surface area contributed by atoms with Crippen molar-refractivity contribution in [2.75, 3.05) is 6.61 Å². The molecule has 0 saturated carbocycles. The lowest BCUT2D eigenvalue weighted by molar-refractivity contribution is -0.156. The van der Waals surface area contributed by atoms with Crippen LogP contribution in [-0.4, -0.2) is 58.6 Å². The predicted molar refractivity (Wildman–Crippen MR) is 129 cm³/mol. The van der Waals surface area contributed by atoms with Crippen LogP contribution in [0.25, 0.3) is 0 Å². The molecule has 0 bridgehead atoms. The monoisotopic (exact) mass is 458 g/mol. The second kappa shape index (κ2) is 9.34. The van der Waals surface area contributed by atoms with Crippen LogP contribution in [0.1, 0.15) is 62.3 Å². The van der Waals surface area contributed by atoms with Gasteiger partial charge in [0.1, 0.15) is 24.9 Å². The van der Waals surface area contributed by atoms with Crippen molar-refractivity contribution in [2.45, 2.75) is 129 Å². The molecule has 0 amide bonds. The molecule has 30 heavy (non-hydrogen) atoms. The summed E-state index contributed by atoms with van der Waals surface area (Å²) in [5.41, 5.74) is 0. The lowest BCUT2D eigenvalue weighted by Crippen LogP contribution is -2.53. The summed E-state index contributed by atoms with van der Waals surface area (Å²) in [6.07, 6.45) is -1.36. The van der Waals surface area contributed by atoms with Crippen molar-refractivity contribution in [3.8, 4) is 11.8 Å². The van der Waals surface area contributed by atoms with E-state index in [2.05, 4.69) is 86.5 Å². The zero-order chi connectivity index (χ0) is 23.8. The number of ether oxygens (including phenoxy) is 2. The average molecular weight is 459 g/mol. The first-order valence-corrected chi connectivity index (χ1v) is 16.9. The van der Waals surface area contributed by atoms with Crippen LogP contribution in [-0.2, 0) is 18.3 Å². The van der Waals surface area contributed by atoms with E-state index < -0.39 is 34.6 Å². The number of hydrogen-bond acceptors (Lipinski definition) is 5. The number of rotatable bonds is 6. The van der Waals surface area contributed by atoms with Crippen molar-refractivity contribution < 1.29 is 23.4 Å². The van der Waals surface area contributed by atoms with E-state index in [-0.39, 0.29) is 28.9 Å². The standard InChI is InChI=1S/C23H46O5Si2/c1-17(27-29(10,11)21(2,3)4)19-20(26-23(8,9)25-19)18(15-14-16-24)28-30(12,13)22(5,6)7/h17-20,24H,16H2,1-13H3/t17-,18-,19-,20-/m0/s1. The molecule has 0 aromatic rings. The van der Waals surface area contributed by atoms with Crippen LogP contribution in [0, 0.1) is 11.8 Å². The van der Waals surface area contributed by atoms with Crippen molar-refractivity contribution in [1.29, 1.82) is 0 Å². The van der Waals surface area contributed by atoms with Gasteiger partial charge in [-0.25, -0.2) is 0 Å². The lowest BCUT2D eigenvalue weighted by atomic mass is 10.0. The van der Waals surface area contributed by atoms with E-state index in [1.807, 2.05) is 13.8 Å². The Bertz CT molecular complexity index is 635. The molecular weight excluding hydrogens is 412 g/mol. The fraction of sp³-hybridized carbons (Fsp3) is 0.913. The van der Waals surface area contributed by atoms with Crippen molar-refractivity contribution in [3.63, 3.8) is 0 Å². The minimum atomic E-state index is -2.12. The maximum Gasteiger partial charge on any atom is 0.193 e. The third-order valence-corrected chi connectivity index (χ3v) is 15.8. The third-order valence-electron chi connectivity index (χ3n) is 6.76. The Hall–Kier alpha value is -0.206. The summed E-state index contributed by atoms with van der Waals surface area (Å²) in [5.74, 6) is 5.16. The first-order valence-electron chi connectivity index (χ1n) is 11.0. The molecule has 0 spiro atoms. The van der Waals surface area contributed by atoms with E-state index in [0.29, 0.717) is 0 Å². The minimum Gasteiger partial charge on any atom is -0.411 e. The lowest BCUT2D eigenvalue weighted by Gasteiger charge is -2.42. The Balaban J connectivity index is 3.26. The molecule has 0 aromatic carbocycles. The molecular formula is C23H46O5Si2. The molecule has 0 aliphatic carbocycles. The first-order chi connectivity index (χ1) is 13.2. The van der Waals surface area contributed by atoms with Crippen molar-refractivity contribution >= 4 is 16.6 Å². The summed E-state index contributed by atoms with van der Waals surface area (Å²) in [4.78, 5) is 0. The largest absolute Gasteiger partial charge is 0.411 e. The Labute approximate surface area is 187 Å². The smallest absolute Gasteiger partial charge is 0.193 e.